The monoisotopic (exact) mass is 592 g/mol. The van der Waals surface area contributed by atoms with E-state index in [-0.39, 0.29) is 17.8 Å². The largest absolute Gasteiger partial charge is 0.496 e. The van der Waals surface area contributed by atoms with Crippen LogP contribution in [-0.4, -0.2) is 115 Å². The number of hydrogen-bond donors (Lipinski definition) is 0. The molecule has 0 atom stereocenters. The molecule has 1 amide bonds. The molecule has 0 saturated carbocycles. The third kappa shape index (κ3) is 5.60. The number of aryl methyl sites for hydroxylation is 1. The first-order chi connectivity index (χ1) is 20.3. The smallest absolute Gasteiger partial charge is 0.273 e. The highest BCUT2D eigenvalue weighted by atomic mass is 32.1. The third-order valence-corrected chi connectivity index (χ3v) is 8.43. The molecule has 4 aromatic rings. The predicted octanol–water partition coefficient (Wildman–Crippen LogP) is -2.24. The fraction of sp³-hybridized carbons (Fsp3) is 0.333. The molecule has 216 valence electrons. The number of nitrogens with zero attached hydrogens (tertiary/aromatic N) is 4. The van der Waals surface area contributed by atoms with Crippen LogP contribution in [0.4, 0.5) is 0 Å². The van der Waals surface area contributed by atoms with Crippen LogP contribution >= 0.6 is 11.3 Å². The van der Waals surface area contributed by atoms with Crippen molar-refractivity contribution in [1.82, 2.24) is 19.2 Å². The summed E-state index contributed by atoms with van der Waals surface area (Å²) in [5.74, 6) is 1.25. The van der Waals surface area contributed by atoms with Gasteiger partial charge in [-0.25, -0.2) is 4.68 Å². The van der Waals surface area contributed by atoms with Crippen LogP contribution in [0.15, 0.2) is 47.4 Å². The summed E-state index contributed by atoms with van der Waals surface area (Å²) in [6.45, 7) is 1.48. The molecule has 1 saturated heterocycles. The Kier molecular flexibility index (Phi) is 7.46. The van der Waals surface area contributed by atoms with E-state index < -0.39 is 10.8 Å². The number of thiophene rings is 1. The highest BCUT2D eigenvalue weighted by Crippen LogP contribution is 2.46. The average Bonchev–Trinajstić information content (AvgIpc) is 3.67. The molecule has 43 heavy (non-hydrogen) atoms. The van der Waals surface area contributed by atoms with Crippen molar-refractivity contribution in [2.24, 2.45) is 7.05 Å². The number of aromatic nitrogens is 3. The molecule has 16 heteroatoms. The fourth-order valence-corrected chi connectivity index (χ4v) is 6.48. The Morgan fingerprint density at radius 1 is 1.16 bits per heavy atom. The van der Waals surface area contributed by atoms with Gasteiger partial charge in [0.25, 0.3) is 5.91 Å². The lowest BCUT2D eigenvalue weighted by atomic mass is 9.48. The van der Waals surface area contributed by atoms with Crippen molar-refractivity contribution in [3.05, 3.63) is 58.7 Å². The first-order valence-electron chi connectivity index (χ1n) is 14.5. The van der Waals surface area contributed by atoms with Crippen LogP contribution in [-0.2, 0) is 23.1 Å². The quantitative estimate of drug-likeness (QED) is 0.205. The molecule has 0 N–H and O–H groups in total. The molecule has 0 unspecified atom stereocenters. The van der Waals surface area contributed by atoms with Crippen LogP contribution < -0.4 is 9.47 Å². The Labute approximate surface area is 261 Å². The van der Waals surface area contributed by atoms with Crippen molar-refractivity contribution in [3.63, 3.8) is 0 Å². The standard InChI is InChI=1S/C27H34B6N4O5S/c1-35-5-3-15(9-35)17-7-18-21(8-20(17)39-2)41-10-19-22(34-37(23(18)19)16-4-6-43-11-16)24(38)36(26(28,29)30)12-25(13-40-14-25)42-27(31,32)33/h3-9,11H,10,12-14,28-33H2,1-2H3. The highest BCUT2D eigenvalue weighted by molar-refractivity contribution is 7.08. The minimum atomic E-state index is -0.582. The minimum absolute atomic E-state index is 0.162. The molecule has 0 aliphatic carbocycles. The number of hydrogen-bond acceptors (Lipinski definition) is 7. The maximum absolute atomic E-state index is 14.6. The second kappa shape index (κ2) is 10.7. The van der Waals surface area contributed by atoms with Crippen molar-refractivity contribution in [2.75, 3.05) is 26.9 Å². The van der Waals surface area contributed by atoms with E-state index in [0.29, 0.717) is 31.2 Å². The van der Waals surface area contributed by atoms with Gasteiger partial charge in [-0.15, -0.1) is 0 Å². The molecule has 2 aliphatic heterocycles. The zero-order chi connectivity index (χ0) is 30.7. The number of methoxy groups -OCH3 is 1. The summed E-state index contributed by atoms with van der Waals surface area (Å²) in [6, 6.07) is 8.08. The van der Waals surface area contributed by atoms with E-state index in [9.17, 15) is 4.79 Å². The molecule has 2 aliphatic rings. The Hall–Kier alpha value is -3.21. The van der Waals surface area contributed by atoms with E-state index in [0.717, 1.165) is 39.4 Å². The Balaban J connectivity index is 1.49. The summed E-state index contributed by atoms with van der Waals surface area (Å²) < 4.78 is 28.1. The van der Waals surface area contributed by atoms with Crippen molar-refractivity contribution in [1.29, 1.82) is 0 Å². The van der Waals surface area contributed by atoms with Crippen molar-refractivity contribution >= 4 is 64.3 Å². The van der Waals surface area contributed by atoms with E-state index in [1.54, 1.807) is 18.4 Å². The second-order valence-corrected chi connectivity index (χ2v) is 14.2. The Morgan fingerprint density at radius 2 is 1.93 bits per heavy atom. The maximum Gasteiger partial charge on any atom is 0.273 e. The van der Waals surface area contributed by atoms with Gasteiger partial charge in [0.05, 0.1) is 38.2 Å². The summed E-state index contributed by atoms with van der Waals surface area (Å²) in [7, 11) is 15.9. The van der Waals surface area contributed by atoms with E-state index in [4.69, 9.17) is 24.0 Å². The van der Waals surface area contributed by atoms with Gasteiger partial charge in [-0.3, -0.25) is 4.79 Å². The molecule has 1 aromatic carbocycles. The lowest BCUT2D eigenvalue weighted by molar-refractivity contribution is -0.218. The van der Waals surface area contributed by atoms with E-state index >= 15 is 0 Å². The predicted molar refractivity (Wildman–Crippen MR) is 185 cm³/mol. The van der Waals surface area contributed by atoms with E-state index in [2.05, 4.69) is 18.3 Å². The number of amides is 1. The van der Waals surface area contributed by atoms with E-state index in [1.165, 1.54) is 0 Å². The summed E-state index contributed by atoms with van der Waals surface area (Å²) in [5.41, 5.74) is 5.13. The normalized spacial score (nSPS) is 15.6. The van der Waals surface area contributed by atoms with Crippen LogP contribution in [0.3, 0.4) is 0 Å². The van der Waals surface area contributed by atoms with Gasteiger partial charge in [0.1, 0.15) is 70.8 Å². The van der Waals surface area contributed by atoms with Crippen LogP contribution in [0.25, 0.3) is 28.1 Å². The average molecular weight is 592 g/mol. The number of fused-ring (bicyclic) bond motifs is 3. The summed E-state index contributed by atoms with van der Waals surface area (Å²) in [5, 5.41) is 8.18. The molecule has 0 radical (unpaired) electrons. The number of rotatable bonds is 9. The molecule has 0 spiro atoms. The summed E-state index contributed by atoms with van der Waals surface area (Å²) in [6.07, 6.45) is 4.06. The van der Waals surface area contributed by atoms with Crippen LogP contribution in [0.1, 0.15) is 16.1 Å². The maximum atomic E-state index is 14.6. The number of carbonyl (C=O) groups excluding carboxylic acids is 1. The SMILES string of the molecule is BC(B)(B)OC1(CN(C(=O)c2nn(-c3ccsc3)c3c2COc2cc(OC)c(-c4ccn(C)c4)cc2-3)C(B)(B)B)COC1. The zero-order valence-corrected chi connectivity index (χ0v) is 27.0. The van der Waals surface area contributed by atoms with Crippen LogP contribution in [0.2, 0.25) is 0 Å². The lowest BCUT2D eigenvalue weighted by Gasteiger charge is -2.50. The van der Waals surface area contributed by atoms with E-state index in [1.807, 2.05) is 97.4 Å². The molecule has 6 rings (SSSR count). The molecular formula is C27H34B6N4O5S. The molecule has 3 aromatic heterocycles. The lowest BCUT2D eigenvalue weighted by Crippen LogP contribution is -2.67. The van der Waals surface area contributed by atoms with Gasteiger partial charge in [-0.2, -0.15) is 16.4 Å². The number of ether oxygens (including phenoxy) is 4. The molecule has 0 bridgehead atoms. The molecular weight excluding hydrogens is 557 g/mol. The first kappa shape index (κ1) is 29.8. The number of benzene rings is 1. The number of carbonyl (C=O) groups is 1. The first-order valence-corrected chi connectivity index (χ1v) is 15.4. The van der Waals surface area contributed by atoms with Gasteiger partial charge >= 0.3 is 0 Å². The fourth-order valence-electron chi connectivity index (χ4n) is 5.86. The van der Waals surface area contributed by atoms with Crippen LogP contribution in [0, 0.1) is 0 Å². The van der Waals surface area contributed by atoms with Crippen molar-refractivity contribution in [2.45, 2.75) is 22.7 Å². The molecule has 9 nitrogen and oxygen atoms in total. The van der Waals surface area contributed by atoms with Gasteiger partial charge in [-0.05, 0) is 34.1 Å². The van der Waals surface area contributed by atoms with Crippen molar-refractivity contribution < 1.29 is 23.7 Å². The van der Waals surface area contributed by atoms with Gasteiger partial charge in [0, 0.05) is 53.1 Å². The van der Waals surface area contributed by atoms with Gasteiger partial charge < -0.3 is 28.4 Å². The Bertz CT molecular complexity index is 1670. The van der Waals surface area contributed by atoms with Crippen LogP contribution in [0.5, 0.6) is 11.5 Å². The van der Waals surface area contributed by atoms with Gasteiger partial charge in [0.15, 0.2) is 5.69 Å². The highest BCUT2D eigenvalue weighted by Gasteiger charge is 2.47. The minimum Gasteiger partial charge on any atom is -0.496 e. The van der Waals surface area contributed by atoms with Crippen molar-refractivity contribution in [3.8, 4) is 39.6 Å². The molecule has 1 fully saturated rings. The summed E-state index contributed by atoms with van der Waals surface area (Å²) >= 11 is 1.59. The zero-order valence-electron chi connectivity index (χ0n) is 26.2. The third-order valence-electron chi connectivity index (χ3n) is 7.76. The van der Waals surface area contributed by atoms with Gasteiger partial charge in [0.2, 0.25) is 0 Å². The topological polar surface area (TPSA) is 80.0 Å². The van der Waals surface area contributed by atoms with Gasteiger partial charge in [-0.1, -0.05) is 0 Å². The molecule has 5 heterocycles. The summed E-state index contributed by atoms with van der Waals surface area (Å²) in [4.78, 5) is 16.5. The Morgan fingerprint density at radius 3 is 2.49 bits per heavy atom. The second-order valence-electron chi connectivity index (χ2n) is 13.4.